The second-order valence-corrected chi connectivity index (χ2v) is 8.00. The van der Waals surface area contributed by atoms with Crippen molar-refractivity contribution in [3.63, 3.8) is 0 Å². The summed E-state index contributed by atoms with van der Waals surface area (Å²) in [5, 5.41) is 2.64. The Morgan fingerprint density at radius 2 is 1.74 bits per heavy atom. The van der Waals surface area contributed by atoms with Crippen molar-refractivity contribution in [3.05, 3.63) is 58.9 Å². The summed E-state index contributed by atoms with van der Waals surface area (Å²) in [7, 11) is 0. The number of carbonyl (C=O) groups excluding carboxylic acids is 1. The minimum atomic E-state index is -0.590. The molecule has 0 saturated carbocycles. The van der Waals surface area contributed by atoms with Crippen molar-refractivity contribution in [1.82, 2.24) is 9.97 Å². The first kappa shape index (κ1) is 21.1. The molecule has 6 nitrogen and oxygen atoms in total. The number of aryl methyl sites for hydroxylation is 2. The molecule has 162 valence electrons. The standard InChI is InChI=1S/C23H24F2N4O2/c1-12-10-29(11-13(2)31-12)21-6-5-17(9-19(21)25)28-23(30)18-7-16(24)8-20-22(18)27-15(4)14(3)26-20/h5-9,12-13H,10-11H2,1-4H3,(H,28,30)/t12-,13-/m1/s1. The first-order valence-corrected chi connectivity index (χ1v) is 10.2. The molecule has 31 heavy (non-hydrogen) atoms. The summed E-state index contributed by atoms with van der Waals surface area (Å²) in [6.07, 6.45) is -0.00557. The van der Waals surface area contributed by atoms with Gasteiger partial charge in [0.05, 0.1) is 40.4 Å². The van der Waals surface area contributed by atoms with E-state index in [9.17, 15) is 13.6 Å². The number of hydrogen-bond acceptors (Lipinski definition) is 5. The predicted octanol–water partition coefficient (Wildman–Crippen LogP) is 4.39. The lowest BCUT2D eigenvalue weighted by Crippen LogP contribution is -2.45. The summed E-state index contributed by atoms with van der Waals surface area (Å²) >= 11 is 0. The van der Waals surface area contributed by atoms with Gasteiger partial charge in [0.25, 0.3) is 5.91 Å². The smallest absolute Gasteiger partial charge is 0.258 e. The molecule has 1 aromatic heterocycles. The molecule has 1 N–H and O–H groups in total. The molecule has 2 aromatic carbocycles. The Morgan fingerprint density at radius 3 is 2.42 bits per heavy atom. The van der Waals surface area contributed by atoms with E-state index < -0.39 is 17.5 Å². The van der Waals surface area contributed by atoms with E-state index in [2.05, 4.69) is 15.3 Å². The molecular weight excluding hydrogens is 402 g/mol. The zero-order chi connectivity index (χ0) is 22.3. The van der Waals surface area contributed by atoms with Gasteiger partial charge in [-0.15, -0.1) is 0 Å². The molecule has 1 amide bonds. The maximum Gasteiger partial charge on any atom is 0.258 e. The molecule has 8 heteroatoms. The monoisotopic (exact) mass is 426 g/mol. The summed E-state index contributed by atoms with van der Waals surface area (Å²) in [5.74, 6) is -1.62. The van der Waals surface area contributed by atoms with Gasteiger partial charge in [-0.2, -0.15) is 0 Å². The maximum atomic E-state index is 14.8. The second-order valence-electron chi connectivity index (χ2n) is 8.00. The van der Waals surface area contributed by atoms with Gasteiger partial charge in [0.15, 0.2) is 0 Å². The van der Waals surface area contributed by atoms with Crippen LogP contribution in [0.5, 0.6) is 0 Å². The molecule has 2 heterocycles. The molecule has 3 aromatic rings. The number of amides is 1. The third kappa shape index (κ3) is 4.34. The van der Waals surface area contributed by atoms with Crippen LogP contribution in [-0.4, -0.2) is 41.2 Å². The molecule has 0 bridgehead atoms. The number of nitrogens with zero attached hydrogens (tertiary/aromatic N) is 3. The molecule has 1 aliphatic rings. The number of fused-ring (bicyclic) bond motifs is 1. The lowest BCUT2D eigenvalue weighted by atomic mass is 10.1. The van der Waals surface area contributed by atoms with E-state index in [0.29, 0.717) is 41.2 Å². The summed E-state index contributed by atoms with van der Waals surface area (Å²) in [4.78, 5) is 23.5. The minimum absolute atomic E-state index is 0.00279. The van der Waals surface area contributed by atoms with Crippen molar-refractivity contribution >= 4 is 28.3 Å². The molecule has 0 spiro atoms. The van der Waals surface area contributed by atoms with Crippen molar-refractivity contribution in [2.75, 3.05) is 23.3 Å². The van der Waals surface area contributed by atoms with Crippen LogP contribution < -0.4 is 10.2 Å². The fraction of sp³-hybridized carbons (Fsp3) is 0.348. The van der Waals surface area contributed by atoms with Crippen molar-refractivity contribution in [1.29, 1.82) is 0 Å². The van der Waals surface area contributed by atoms with E-state index in [-0.39, 0.29) is 23.5 Å². The largest absolute Gasteiger partial charge is 0.372 e. The number of morpholine rings is 1. The third-order valence-corrected chi connectivity index (χ3v) is 5.36. The average Bonchev–Trinajstić information content (AvgIpc) is 2.68. The Bertz CT molecular complexity index is 1160. The van der Waals surface area contributed by atoms with Crippen molar-refractivity contribution in [2.45, 2.75) is 39.9 Å². The number of carbonyl (C=O) groups is 1. The Labute approximate surface area is 179 Å². The highest BCUT2D eigenvalue weighted by molar-refractivity contribution is 6.11. The van der Waals surface area contributed by atoms with E-state index in [1.54, 1.807) is 26.0 Å². The summed E-state index contributed by atoms with van der Waals surface area (Å²) in [6.45, 7) is 8.61. The Kier molecular flexibility index (Phi) is 5.58. The second kappa shape index (κ2) is 8.19. The van der Waals surface area contributed by atoms with Gasteiger partial charge in [-0.05, 0) is 52.0 Å². The van der Waals surface area contributed by atoms with Crippen LogP contribution in [0.3, 0.4) is 0 Å². The predicted molar refractivity (Wildman–Crippen MR) is 116 cm³/mol. The average molecular weight is 426 g/mol. The van der Waals surface area contributed by atoms with Gasteiger partial charge in [0.2, 0.25) is 0 Å². The van der Waals surface area contributed by atoms with Crippen LogP contribution in [0.25, 0.3) is 11.0 Å². The number of aromatic nitrogens is 2. The number of halogens is 2. The molecule has 4 rings (SSSR count). The number of benzene rings is 2. The highest BCUT2D eigenvalue weighted by Gasteiger charge is 2.24. The minimum Gasteiger partial charge on any atom is -0.372 e. The quantitative estimate of drug-likeness (QED) is 0.673. The van der Waals surface area contributed by atoms with Crippen LogP contribution in [0.15, 0.2) is 30.3 Å². The van der Waals surface area contributed by atoms with Crippen molar-refractivity contribution < 1.29 is 18.3 Å². The van der Waals surface area contributed by atoms with Crippen LogP contribution >= 0.6 is 0 Å². The maximum absolute atomic E-state index is 14.8. The van der Waals surface area contributed by atoms with Gasteiger partial charge in [-0.1, -0.05) is 0 Å². The lowest BCUT2D eigenvalue weighted by Gasteiger charge is -2.37. The SMILES string of the molecule is Cc1nc2cc(F)cc(C(=O)Nc3ccc(N4C[C@@H](C)O[C@H](C)C4)c(F)c3)c2nc1C. The first-order valence-electron chi connectivity index (χ1n) is 10.2. The zero-order valence-corrected chi connectivity index (χ0v) is 17.9. The highest BCUT2D eigenvalue weighted by atomic mass is 19.1. The molecule has 1 aliphatic heterocycles. The third-order valence-electron chi connectivity index (χ3n) is 5.36. The number of anilines is 2. The van der Waals surface area contributed by atoms with E-state index >= 15 is 0 Å². The zero-order valence-electron chi connectivity index (χ0n) is 17.9. The molecule has 0 aliphatic carbocycles. The van der Waals surface area contributed by atoms with Gasteiger partial charge in [-0.25, -0.2) is 18.7 Å². The Hall–Kier alpha value is -3.13. The Balaban J connectivity index is 1.61. The van der Waals surface area contributed by atoms with Crippen LogP contribution in [0, 0.1) is 25.5 Å². The molecule has 0 unspecified atom stereocenters. The summed E-state index contributed by atoms with van der Waals surface area (Å²) in [6, 6.07) is 6.88. The van der Waals surface area contributed by atoms with Gasteiger partial charge < -0.3 is 15.0 Å². The number of rotatable bonds is 3. The van der Waals surface area contributed by atoms with Crippen LogP contribution in [-0.2, 0) is 4.74 Å². The van der Waals surface area contributed by atoms with Crippen molar-refractivity contribution in [2.24, 2.45) is 0 Å². The highest BCUT2D eigenvalue weighted by Crippen LogP contribution is 2.27. The van der Waals surface area contributed by atoms with E-state index in [4.69, 9.17) is 4.74 Å². The molecule has 1 saturated heterocycles. The van der Waals surface area contributed by atoms with Crippen LogP contribution in [0.4, 0.5) is 20.2 Å². The van der Waals surface area contributed by atoms with Crippen LogP contribution in [0.2, 0.25) is 0 Å². The Morgan fingerprint density at radius 1 is 1.06 bits per heavy atom. The number of hydrogen-bond donors (Lipinski definition) is 1. The fourth-order valence-electron chi connectivity index (χ4n) is 3.88. The lowest BCUT2D eigenvalue weighted by molar-refractivity contribution is -0.00539. The summed E-state index contributed by atoms with van der Waals surface area (Å²) in [5.41, 5.74) is 2.68. The number of nitrogens with one attached hydrogen (secondary N) is 1. The fourth-order valence-corrected chi connectivity index (χ4v) is 3.88. The van der Waals surface area contributed by atoms with Crippen molar-refractivity contribution in [3.8, 4) is 0 Å². The molecule has 2 atom stereocenters. The van der Waals surface area contributed by atoms with E-state index in [1.165, 1.54) is 12.1 Å². The van der Waals surface area contributed by atoms with E-state index in [1.807, 2.05) is 18.7 Å². The summed E-state index contributed by atoms with van der Waals surface area (Å²) < 4.78 is 34.6. The molecule has 0 radical (unpaired) electrons. The topological polar surface area (TPSA) is 67.4 Å². The van der Waals surface area contributed by atoms with Gasteiger partial charge in [-0.3, -0.25) is 4.79 Å². The van der Waals surface area contributed by atoms with Gasteiger partial charge in [0.1, 0.15) is 17.2 Å². The molecule has 1 fully saturated rings. The molecular formula is C23H24F2N4O2. The van der Waals surface area contributed by atoms with Gasteiger partial charge in [0, 0.05) is 24.8 Å². The first-order chi connectivity index (χ1) is 14.7. The van der Waals surface area contributed by atoms with Crippen LogP contribution in [0.1, 0.15) is 35.6 Å². The normalized spacial score (nSPS) is 19.0. The van der Waals surface area contributed by atoms with E-state index in [0.717, 1.165) is 6.07 Å². The number of ether oxygens (including phenoxy) is 1. The van der Waals surface area contributed by atoms with Gasteiger partial charge >= 0.3 is 0 Å².